The molecule has 0 bridgehead atoms. The van der Waals surface area contributed by atoms with Crippen LogP contribution in [0.4, 0.5) is 5.82 Å². The van der Waals surface area contributed by atoms with Crippen LogP contribution < -0.4 is 4.90 Å². The molecule has 4 heteroatoms. The maximum Gasteiger partial charge on any atom is 0.133 e. The van der Waals surface area contributed by atoms with Gasteiger partial charge in [-0.1, -0.05) is 6.07 Å². The topological polar surface area (TPSA) is 36.4 Å². The van der Waals surface area contributed by atoms with E-state index in [-0.39, 0.29) is 0 Å². The van der Waals surface area contributed by atoms with E-state index in [1.54, 1.807) is 6.20 Å². The van der Waals surface area contributed by atoms with E-state index in [0.29, 0.717) is 12.4 Å². The van der Waals surface area contributed by atoms with E-state index in [9.17, 15) is 5.11 Å². The van der Waals surface area contributed by atoms with Crippen LogP contribution in [0.1, 0.15) is 25.3 Å². The van der Waals surface area contributed by atoms with Gasteiger partial charge in [0.15, 0.2) is 0 Å². The van der Waals surface area contributed by atoms with Gasteiger partial charge in [0.1, 0.15) is 5.82 Å². The van der Waals surface area contributed by atoms with E-state index in [2.05, 4.69) is 9.88 Å². The van der Waals surface area contributed by atoms with Gasteiger partial charge in [0.2, 0.25) is 0 Å². The highest BCUT2D eigenvalue weighted by molar-refractivity contribution is 6.17. The third-order valence-electron chi connectivity index (χ3n) is 2.99. The Morgan fingerprint density at radius 1 is 1.62 bits per heavy atom. The SMILES string of the molecule is CC1(O)CCCN(c2ncccc2CCl)C1. The van der Waals surface area contributed by atoms with Crippen LogP contribution in [0.2, 0.25) is 0 Å². The van der Waals surface area contributed by atoms with Crippen molar-refractivity contribution >= 4 is 17.4 Å². The number of aromatic nitrogens is 1. The molecule has 0 saturated carbocycles. The first-order chi connectivity index (χ1) is 7.62. The second kappa shape index (κ2) is 4.60. The smallest absolute Gasteiger partial charge is 0.133 e. The Labute approximate surface area is 101 Å². The number of rotatable bonds is 2. The normalized spacial score (nSPS) is 25.8. The summed E-state index contributed by atoms with van der Waals surface area (Å²) >= 11 is 5.89. The van der Waals surface area contributed by atoms with Gasteiger partial charge in [0.05, 0.1) is 11.5 Å². The van der Waals surface area contributed by atoms with E-state index in [4.69, 9.17) is 11.6 Å². The minimum absolute atomic E-state index is 0.460. The van der Waals surface area contributed by atoms with E-state index >= 15 is 0 Å². The fourth-order valence-electron chi connectivity index (χ4n) is 2.22. The summed E-state index contributed by atoms with van der Waals surface area (Å²) in [6.07, 6.45) is 3.62. The molecule has 0 aromatic carbocycles. The van der Waals surface area contributed by atoms with Gasteiger partial charge >= 0.3 is 0 Å². The van der Waals surface area contributed by atoms with E-state index in [1.807, 2.05) is 19.1 Å². The minimum atomic E-state index is -0.612. The van der Waals surface area contributed by atoms with Gasteiger partial charge in [-0.05, 0) is 25.8 Å². The van der Waals surface area contributed by atoms with Gasteiger partial charge in [-0.2, -0.15) is 0 Å². The summed E-state index contributed by atoms with van der Waals surface area (Å²) < 4.78 is 0. The lowest BCUT2D eigenvalue weighted by atomic mass is 9.95. The van der Waals surface area contributed by atoms with E-state index in [1.165, 1.54) is 0 Å². The molecule has 1 saturated heterocycles. The lowest BCUT2D eigenvalue weighted by Crippen LogP contribution is -2.46. The molecule has 1 N–H and O–H groups in total. The fraction of sp³-hybridized carbons (Fsp3) is 0.583. The van der Waals surface area contributed by atoms with Crippen LogP contribution in [0.5, 0.6) is 0 Å². The molecule has 1 atom stereocenters. The van der Waals surface area contributed by atoms with E-state index in [0.717, 1.165) is 30.8 Å². The average Bonchev–Trinajstić information content (AvgIpc) is 2.27. The van der Waals surface area contributed by atoms with Gasteiger partial charge in [-0.25, -0.2) is 4.98 Å². The summed E-state index contributed by atoms with van der Waals surface area (Å²) in [5, 5.41) is 10.1. The van der Waals surface area contributed by atoms with E-state index < -0.39 is 5.60 Å². The largest absolute Gasteiger partial charge is 0.388 e. The number of anilines is 1. The number of alkyl halides is 1. The molecule has 88 valence electrons. The first-order valence-electron chi connectivity index (χ1n) is 5.59. The van der Waals surface area contributed by atoms with Crippen LogP contribution in [-0.4, -0.2) is 28.8 Å². The number of piperidine rings is 1. The molecule has 1 aromatic heterocycles. The first-order valence-corrected chi connectivity index (χ1v) is 6.13. The quantitative estimate of drug-likeness (QED) is 0.805. The van der Waals surface area contributed by atoms with Crippen molar-refractivity contribution in [1.29, 1.82) is 0 Å². The Morgan fingerprint density at radius 2 is 2.44 bits per heavy atom. The summed E-state index contributed by atoms with van der Waals surface area (Å²) in [5.74, 6) is 1.37. The maximum absolute atomic E-state index is 10.1. The molecule has 3 nitrogen and oxygen atoms in total. The fourth-order valence-corrected chi connectivity index (χ4v) is 2.43. The molecule has 0 aliphatic carbocycles. The highest BCUT2D eigenvalue weighted by Crippen LogP contribution is 2.27. The highest BCUT2D eigenvalue weighted by Gasteiger charge is 2.29. The van der Waals surface area contributed by atoms with Crippen LogP contribution in [0.25, 0.3) is 0 Å². The lowest BCUT2D eigenvalue weighted by Gasteiger charge is -2.38. The number of nitrogens with zero attached hydrogens (tertiary/aromatic N) is 2. The Balaban J connectivity index is 2.23. The zero-order valence-electron chi connectivity index (χ0n) is 9.49. The molecule has 1 unspecified atom stereocenters. The van der Waals surface area contributed by atoms with Crippen molar-refractivity contribution in [3.05, 3.63) is 23.9 Å². The molecule has 0 radical (unpaired) electrons. The molecule has 0 amide bonds. The number of β-amino-alcohol motifs (C(OH)–C–C–N with tert-alkyl or cyclic N) is 1. The molecule has 1 aromatic rings. The number of hydrogen-bond acceptors (Lipinski definition) is 3. The third-order valence-corrected chi connectivity index (χ3v) is 3.27. The Hall–Kier alpha value is -0.800. The summed E-state index contributed by atoms with van der Waals surface area (Å²) in [6.45, 7) is 3.45. The summed E-state index contributed by atoms with van der Waals surface area (Å²) in [4.78, 5) is 6.50. The van der Waals surface area contributed by atoms with Crippen LogP contribution in [0, 0.1) is 0 Å². The lowest BCUT2D eigenvalue weighted by molar-refractivity contribution is 0.0447. The molecule has 1 fully saturated rings. The van der Waals surface area contributed by atoms with Crippen molar-refractivity contribution in [3.63, 3.8) is 0 Å². The van der Waals surface area contributed by atoms with Crippen LogP contribution in [-0.2, 0) is 5.88 Å². The zero-order chi connectivity index (χ0) is 11.6. The minimum Gasteiger partial charge on any atom is -0.388 e. The molecule has 1 aliphatic rings. The standard InChI is InChI=1S/C12H17ClN2O/c1-12(16)5-3-7-15(9-12)11-10(8-13)4-2-6-14-11/h2,4,6,16H,3,5,7-9H2,1H3. The van der Waals surface area contributed by atoms with Crippen LogP contribution >= 0.6 is 11.6 Å². The average molecular weight is 241 g/mol. The predicted octanol–water partition coefficient (Wildman–Crippen LogP) is 2.17. The van der Waals surface area contributed by atoms with Gasteiger partial charge in [0.25, 0.3) is 0 Å². The van der Waals surface area contributed by atoms with Crippen molar-refractivity contribution in [1.82, 2.24) is 4.98 Å². The zero-order valence-corrected chi connectivity index (χ0v) is 10.2. The predicted molar refractivity (Wildman–Crippen MR) is 65.9 cm³/mol. The van der Waals surface area contributed by atoms with Gasteiger partial charge < -0.3 is 10.0 Å². The third kappa shape index (κ3) is 2.47. The molecule has 2 heterocycles. The van der Waals surface area contributed by atoms with Crippen LogP contribution in [0.3, 0.4) is 0 Å². The molecule has 16 heavy (non-hydrogen) atoms. The van der Waals surface area contributed by atoms with Crippen molar-refractivity contribution < 1.29 is 5.11 Å². The Morgan fingerprint density at radius 3 is 3.12 bits per heavy atom. The van der Waals surface area contributed by atoms with Crippen molar-refractivity contribution in [3.8, 4) is 0 Å². The molecular formula is C12H17ClN2O. The number of pyridine rings is 1. The summed E-state index contributed by atoms with van der Waals surface area (Å²) in [5.41, 5.74) is 0.418. The summed E-state index contributed by atoms with van der Waals surface area (Å²) in [6, 6.07) is 3.88. The summed E-state index contributed by atoms with van der Waals surface area (Å²) in [7, 11) is 0. The Bertz CT molecular complexity index is 368. The second-order valence-corrected chi connectivity index (χ2v) is 4.91. The molecule has 2 rings (SSSR count). The van der Waals surface area contributed by atoms with Gasteiger partial charge in [-0.3, -0.25) is 0 Å². The van der Waals surface area contributed by atoms with Crippen molar-refractivity contribution in [2.24, 2.45) is 0 Å². The number of halogens is 1. The molecule has 0 spiro atoms. The highest BCUT2D eigenvalue weighted by atomic mass is 35.5. The number of hydrogen-bond donors (Lipinski definition) is 1. The van der Waals surface area contributed by atoms with Crippen LogP contribution in [0.15, 0.2) is 18.3 Å². The van der Waals surface area contributed by atoms with Crippen molar-refractivity contribution in [2.45, 2.75) is 31.2 Å². The molecular weight excluding hydrogens is 224 g/mol. The monoisotopic (exact) mass is 240 g/mol. The maximum atomic E-state index is 10.1. The number of aliphatic hydroxyl groups is 1. The van der Waals surface area contributed by atoms with Gasteiger partial charge in [0, 0.05) is 24.8 Å². The van der Waals surface area contributed by atoms with Gasteiger partial charge in [-0.15, -0.1) is 11.6 Å². The first kappa shape index (κ1) is 11.7. The molecule has 1 aliphatic heterocycles. The Kier molecular flexibility index (Phi) is 3.36. The van der Waals surface area contributed by atoms with Crippen molar-refractivity contribution in [2.75, 3.05) is 18.0 Å². The second-order valence-electron chi connectivity index (χ2n) is 4.64.